The molecule has 0 aliphatic rings. The SMILES string of the molecule is C/C(=N/NC(=O)c1n[nH]c(=O)c2ccccc12)c1ccc(OCCC(C)C)cc1. The maximum absolute atomic E-state index is 12.5. The van der Waals surface area contributed by atoms with E-state index in [0.717, 1.165) is 17.7 Å². The van der Waals surface area contributed by atoms with Crippen LogP contribution in [0.3, 0.4) is 0 Å². The summed E-state index contributed by atoms with van der Waals surface area (Å²) in [6, 6.07) is 14.4. The maximum Gasteiger partial charge on any atom is 0.292 e. The summed E-state index contributed by atoms with van der Waals surface area (Å²) in [6.07, 6.45) is 1.00. The van der Waals surface area contributed by atoms with E-state index in [9.17, 15) is 9.59 Å². The fourth-order valence-electron chi connectivity index (χ4n) is 2.74. The Balaban J connectivity index is 1.69. The van der Waals surface area contributed by atoms with Crippen molar-refractivity contribution in [1.82, 2.24) is 15.6 Å². The van der Waals surface area contributed by atoms with Crippen molar-refractivity contribution in [3.63, 3.8) is 0 Å². The van der Waals surface area contributed by atoms with Gasteiger partial charge in [-0.3, -0.25) is 9.59 Å². The molecule has 0 spiro atoms. The monoisotopic (exact) mass is 392 g/mol. The largest absolute Gasteiger partial charge is 0.494 e. The van der Waals surface area contributed by atoms with Gasteiger partial charge in [-0.25, -0.2) is 10.5 Å². The molecular formula is C22H24N4O3. The topological polar surface area (TPSA) is 96.4 Å². The summed E-state index contributed by atoms with van der Waals surface area (Å²) in [5, 5.41) is 11.3. The first-order valence-corrected chi connectivity index (χ1v) is 9.51. The Morgan fingerprint density at radius 2 is 1.83 bits per heavy atom. The highest BCUT2D eigenvalue weighted by atomic mass is 16.5. The molecule has 0 saturated carbocycles. The zero-order valence-electron chi connectivity index (χ0n) is 16.7. The molecule has 2 aromatic carbocycles. The van der Waals surface area contributed by atoms with E-state index in [-0.39, 0.29) is 11.3 Å². The third-order valence-corrected chi connectivity index (χ3v) is 4.47. The van der Waals surface area contributed by atoms with Gasteiger partial charge in [-0.1, -0.05) is 32.0 Å². The number of rotatable bonds is 7. The van der Waals surface area contributed by atoms with Gasteiger partial charge in [0, 0.05) is 5.39 Å². The van der Waals surface area contributed by atoms with Crippen molar-refractivity contribution in [2.24, 2.45) is 11.0 Å². The molecule has 0 aliphatic carbocycles. The van der Waals surface area contributed by atoms with Crippen LogP contribution in [0.5, 0.6) is 5.75 Å². The van der Waals surface area contributed by atoms with E-state index in [0.29, 0.717) is 29.0 Å². The van der Waals surface area contributed by atoms with Gasteiger partial charge < -0.3 is 4.74 Å². The van der Waals surface area contributed by atoms with Gasteiger partial charge >= 0.3 is 0 Å². The number of fused-ring (bicyclic) bond motifs is 1. The zero-order valence-corrected chi connectivity index (χ0v) is 16.7. The highest BCUT2D eigenvalue weighted by molar-refractivity contribution is 6.06. The number of hydrogen-bond acceptors (Lipinski definition) is 5. The Bertz CT molecular complexity index is 1090. The molecule has 0 saturated heterocycles. The van der Waals surface area contributed by atoms with Gasteiger partial charge in [0.15, 0.2) is 5.69 Å². The van der Waals surface area contributed by atoms with Crippen molar-refractivity contribution in [2.45, 2.75) is 27.2 Å². The summed E-state index contributed by atoms with van der Waals surface area (Å²) in [5.41, 5.74) is 3.78. The number of nitrogens with one attached hydrogen (secondary N) is 2. The summed E-state index contributed by atoms with van der Waals surface area (Å²) in [4.78, 5) is 24.4. The van der Waals surface area contributed by atoms with Crippen LogP contribution in [-0.2, 0) is 0 Å². The molecule has 29 heavy (non-hydrogen) atoms. The molecule has 3 aromatic rings. The molecule has 1 amide bonds. The minimum Gasteiger partial charge on any atom is -0.494 e. The van der Waals surface area contributed by atoms with Crippen molar-refractivity contribution in [1.29, 1.82) is 0 Å². The minimum absolute atomic E-state index is 0.116. The van der Waals surface area contributed by atoms with E-state index in [1.54, 1.807) is 31.2 Å². The molecule has 7 heteroatoms. The molecule has 2 N–H and O–H groups in total. The Morgan fingerprint density at radius 3 is 2.52 bits per heavy atom. The molecule has 0 aliphatic heterocycles. The Labute approximate surface area is 168 Å². The summed E-state index contributed by atoms with van der Waals surface area (Å²) in [7, 11) is 0. The molecule has 7 nitrogen and oxygen atoms in total. The highest BCUT2D eigenvalue weighted by Crippen LogP contribution is 2.15. The quantitative estimate of drug-likeness (QED) is 0.475. The highest BCUT2D eigenvalue weighted by Gasteiger charge is 2.13. The molecule has 0 atom stereocenters. The van der Waals surface area contributed by atoms with Crippen molar-refractivity contribution >= 4 is 22.4 Å². The minimum atomic E-state index is -0.495. The van der Waals surface area contributed by atoms with Crippen LogP contribution in [0.25, 0.3) is 10.8 Å². The van der Waals surface area contributed by atoms with E-state index in [4.69, 9.17) is 4.74 Å². The summed E-state index contributed by atoms with van der Waals surface area (Å²) < 4.78 is 5.71. The Kier molecular flexibility index (Phi) is 6.39. The fraction of sp³-hybridized carbons (Fsp3) is 0.273. The second-order valence-corrected chi connectivity index (χ2v) is 7.14. The van der Waals surface area contributed by atoms with Crippen LogP contribution in [-0.4, -0.2) is 28.4 Å². The van der Waals surface area contributed by atoms with Gasteiger partial charge in [-0.2, -0.15) is 10.2 Å². The lowest BCUT2D eigenvalue weighted by atomic mass is 10.1. The van der Waals surface area contributed by atoms with E-state index in [1.807, 2.05) is 24.3 Å². The number of benzene rings is 2. The first kappa shape index (κ1) is 20.3. The van der Waals surface area contributed by atoms with Crippen LogP contribution < -0.4 is 15.7 Å². The Hall–Kier alpha value is -3.48. The number of aromatic nitrogens is 2. The Morgan fingerprint density at radius 1 is 1.14 bits per heavy atom. The van der Waals surface area contributed by atoms with Gasteiger partial charge in [0.2, 0.25) is 0 Å². The summed E-state index contributed by atoms with van der Waals surface area (Å²) in [5.74, 6) is 0.905. The van der Waals surface area contributed by atoms with Crippen molar-refractivity contribution in [2.75, 3.05) is 6.61 Å². The van der Waals surface area contributed by atoms with Gasteiger partial charge in [-0.15, -0.1) is 0 Å². The molecule has 150 valence electrons. The number of H-pyrrole nitrogens is 1. The molecular weight excluding hydrogens is 368 g/mol. The van der Waals surface area contributed by atoms with Gasteiger partial charge in [0.05, 0.1) is 17.7 Å². The van der Waals surface area contributed by atoms with Crippen LogP contribution >= 0.6 is 0 Å². The first-order chi connectivity index (χ1) is 14.0. The second kappa shape index (κ2) is 9.14. The molecule has 1 aromatic heterocycles. The van der Waals surface area contributed by atoms with Gasteiger partial charge in [0.1, 0.15) is 5.75 Å². The van der Waals surface area contributed by atoms with Crippen LogP contribution in [0.1, 0.15) is 43.2 Å². The van der Waals surface area contributed by atoms with Crippen molar-refractivity contribution < 1.29 is 9.53 Å². The number of amides is 1. The van der Waals surface area contributed by atoms with Gasteiger partial charge in [-0.05, 0) is 55.2 Å². The number of nitrogens with zero attached hydrogens (tertiary/aromatic N) is 2. The molecule has 0 fully saturated rings. The number of hydrazone groups is 1. The standard InChI is InChI=1S/C22H24N4O3/c1-14(2)12-13-29-17-10-8-16(9-11-17)15(3)23-26-22(28)20-18-6-4-5-7-19(18)21(27)25-24-20/h4-11,14H,12-13H2,1-3H3,(H,25,27)(H,26,28)/b23-15-. The molecule has 1 heterocycles. The molecule has 0 bridgehead atoms. The van der Waals surface area contributed by atoms with Crippen LogP contribution in [0.2, 0.25) is 0 Å². The summed E-state index contributed by atoms with van der Waals surface area (Å²) >= 11 is 0. The summed E-state index contributed by atoms with van der Waals surface area (Å²) in [6.45, 7) is 6.80. The van der Waals surface area contributed by atoms with Crippen LogP contribution in [0.15, 0.2) is 58.4 Å². The number of carbonyl (C=O) groups is 1. The van der Waals surface area contributed by atoms with Crippen molar-refractivity contribution in [3.05, 3.63) is 70.1 Å². The van der Waals surface area contributed by atoms with Gasteiger partial charge in [0.25, 0.3) is 11.5 Å². The maximum atomic E-state index is 12.5. The number of hydrogen-bond donors (Lipinski definition) is 2. The van der Waals surface area contributed by atoms with Crippen LogP contribution in [0.4, 0.5) is 0 Å². The van der Waals surface area contributed by atoms with E-state index < -0.39 is 5.91 Å². The third-order valence-electron chi connectivity index (χ3n) is 4.47. The van der Waals surface area contributed by atoms with E-state index in [1.165, 1.54) is 0 Å². The molecule has 3 rings (SSSR count). The van der Waals surface area contributed by atoms with Crippen molar-refractivity contribution in [3.8, 4) is 5.75 Å². The predicted octanol–water partition coefficient (Wildman–Crippen LogP) is 3.50. The number of carbonyl (C=O) groups excluding carboxylic acids is 1. The van der Waals surface area contributed by atoms with E-state index >= 15 is 0 Å². The lowest BCUT2D eigenvalue weighted by molar-refractivity contribution is 0.0950. The van der Waals surface area contributed by atoms with Crippen LogP contribution in [0, 0.1) is 5.92 Å². The number of aromatic amines is 1. The average Bonchev–Trinajstić information content (AvgIpc) is 2.72. The number of ether oxygens (including phenoxy) is 1. The fourth-order valence-corrected chi connectivity index (χ4v) is 2.74. The first-order valence-electron chi connectivity index (χ1n) is 9.51. The lowest BCUT2D eigenvalue weighted by Gasteiger charge is -2.09. The smallest absolute Gasteiger partial charge is 0.292 e. The predicted molar refractivity (Wildman–Crippen MR) is 113 cm³/mol. The third kappa shape index (κ3) is 5.07. The zero-order chi connectivity index (χ0) is 20.8. The molecule has 0 radical (unpaired) electrons. The second-order valence-electron chi connectivity index (χ2n) is 7.14. The normalized spacial score (nSPS) is 11.7. The lowest BCUT2D eigenvalue weighted by Crippen LogP contribution is -2.23. The molecule has 0 unspecified atom stereocenters. The average molecular weight is 392 g/mol. The van der Waals surface area contributed by atoms with E-state index in [2.05, 4.69) is 34.6 Å².